The number of alkyl halides is 1. The lowest BCUT2D eigenvalue weighted by atomic mass is 10.0. The third-order valence-corrected chi connectivity index (χ3v) is 5.53. The minimum Gasteiger partial charge on any atom is -0.425 e. The van der Waals surface area contributed by atoms with Gasteiger partial charge in [-0.2, -0.15) is 0 Å². The number of fused-ring (bicyclic) bond motifs is 1. The van der Waals surface area contributed by atoms with Gasteiger partial charge >= 0.3 is 12.0 Å². The van der Waals surface area contributed by atoms with Crippen molar-refractivity contribution in [3.8, 4) is 5.75 Å². The topological polar surface area (TPSA) is 119 Å². The molecule has 0 radical (unpaired) electrons. The molecule has 3 amide bonds. The van der Waals surface area contributed by atoms with Crippen LogP contribution in [0.1, 0.15) is 33.6 Å². The average molecular weight is 453 g/mol. The number of hydrogen-bond acceptors (Lipinski definition) is 5. The van der Waals surface area contributed by atoms with E-state index in [1.54, 1.807) is 12.1 Å². The first-order valence-corrected chi connectivity index (χ1v) is 9.60. The van der Waals surface area contributed by atoms with Crippen molar-refractivity contribution in [3.63, 3.8) is 0 Å². The van der Waals surface area contributed by atoms with Gasteiger partial charge in [0.15, 0.2) is 0 Å². The number of amides is 3. The second-order valence-corrected chi connectivity index (χ2v) is 7.61. The summed E-state index contributed by atoms with van der Waals surface area (Å²) in [6, 6.07) is 12.3. The van der Waals surface area contributed by atoms with Gasteiger partial charge in [0, 0.05) is 0 Å². The van der Waals surface area contributed by atoms with Gasteiger partial charge in [-0.1, -0.05) is 60.1 Å². The first-order valence-electron chi connectivity index (χ1n) is 8.81. The van der Waals surface area contributed by atoms with Gasteiger partial charge in [0.25, 0.3) is 0 Å². The molecule has 0 saturated heterocycles. The third kappa shape index (κ3) is 6.94. The summed E-state index contributed by atoms with van der Waals surface area (Å²) in [5.41, 5.74) is 4.81. The van der Waals surface area contributed by atoms with E-state index in [0.717, 1.165) is 10.8 Å². The van der Waals surface area contributed by atoms with Gasteiger partial charge in [-0.3, -0.25) is 10.1 Å². The minimum absolute atomic E-state index is 0.375. The SMILES string of the molecule is CC(O)C(=O)Oc1ccc2ccccc2c1.CCC(Br)(CC)C(=O)NC(N)=O. The standard InChI is InChI=1S/C13H12O3.C7H13BrN2O2/c1-9(14)13(15)16-12-7-6-10-4-2-3-5-11(10)8-12;1-3-7(8,4-2)5(11)10-6(9)12/h2-9,14H,1H3;3-4H2,1-2H3,(H3,9,10,11,12). The van der Waals surface area contributed by atoms with E-state index in [9.17, 15) is 14.4 Å². The van der Waals surface area contributed by atoms with Crippen molar-refractivity contribution in [3.05, 3.63) is 42.5 Å². The summed E-state index contributed by atoms with van der Waals surface area (Å²) in [7, 11) is 0. The molecule has 0 fully saturated rings. The van der Waals surface area contributed by atoms with Gasteiger partial charge < -0.3 is 15.6 Å². The minimum atomic E-state index is -1.11. The normalized spacial score (nSPS) is 11.8. The molecule has 0 saturated carbocycles. The van der Waals surface area contributed by atoms with Crippen LogP contribution in [0.3, 0.4) is 0 Å². The van der Waals surface area contributed by atoms with Gasteiger partial charge in [0.1, 0.15) is 16.2 Å². The highest BCUT2D eigenvalue weighted by molar-refractivity contribution is 9.10. The van der Waals surface area contributed by atoms with Crippen LogP contribution in [-0.4, -0.2) is 33.4 Å². The van der Waals surface area contributed by atoms with Gasteiger partial charge in [-0.05, 0) is 42.7 Å². The molecule has 0 aliphatic carbocycles. The summed E-state index contributed by atoms with van der Waals surface area (Å²) in [4.78, 5) is 32.8. The van der Waals surface area contributed by atoms with E-state index in [0.29, 0.717) is 18.6 Å². The monoisotopic (exact) mass is 452 g/mol. The quantitative estimate of drug-likeness (QED) is 0.365. The van der Waals surface area contributed by atoms with E-state index >= 15 is 0 Å². The highest BCUT2D eigenvalue weighted by Gasteiger charge is 2.32. The Bertz CT molecular complexity index is 834. The number of carbonyl (C=O) groups is 3. The third-order valence-electron chi connectivity index (χ3n) is 4.04. The summed E-state index contributed by atoms with van der Waals surface area (Å²) in [6.07, 6.45) is 0.122. The van der Waals surface area contributed by atoms with Crippen molar-refractivity contribution in [1.82, 2.24) is 5.32 Å². The Morgan fingerprint density at radius 3 is 2.21 bits per heavy atom. The Balaban J connectivity index is 0.000000295. The van der Waals surface area contributed by atoms with E-state index in [2.05, 4.69) is 15.9 Å². The summed E-state index contributed by atoms with van der Waals surface area (Å²) in [5.74, 6) is -0.570. The van der Waals surface area contributed by atoms with Crippen LogP contribution >= 0.6 is 15.9 Å². The number of hydrogen-bond donors (Lipinski definition) is 3. The predicted molar refractivity (Wildman–Crippen MR) is 111 cm³/mol. The Kier molecular flexibility index (Phi) is 9.08. The molecule has 152 valence electrons. The molecule has 0 aliphatic rings. The van der Waals surface area contributed by atoms with Crippen LogP contribution in [0.2, 0.25) is 0 Å². The molecular weight excluding hydrogens is 428 g/mol. The number of aliphatic hydroxyl groups excluding tert-OH is 1. The van der Waals surface area contributed by atoms with Crippen molar-refractivity contribution >= 4 is 44.6 Å². The van der Waals surface area contributed by atoms with Crippen LogP contribution < -0.4 is 15.8 Å². The highest BCUT2D eigenvalue weighted by Crippen LogP contribution is 2.26. The van der Waals surface area contributed by atoms with Gasteiger partial charge in [-0.15, -0.1) is 0 Å². The summed E-state index contributed by atoms with van der Waals surface area (Å²) >= 11 is 3.26. The number of imide groups is 1. The number of nitrogens with two attached hydrogens (primary N) is 1. The molecule has 2 aromatic rings. The number of benzene rings is 2. The molecule has 0 spiro atoms. The number of urea groups is 1. The maximum absolute atomic E-state index is 11.3. The smallest absolute Gasteiger partial charge is 0.340 e. The molecule has 8 heteroatoms. The largest absolute Gasteiger partial charge is 0.425 e. The fourth-order valence-corrected chi connectivity index (χ4v) is 2.33. The molecule has 0 aliphatic heterocycles. The molecule has 7 nitrogen and oxygen atoms in total. The molecule has 4 N–H and O–H groups in total. The number of ether oxygens (including phenoxy) is 1. The molecule has 1 atom stereocenters. The lowest BCUT2D eigenvalue weighted by molar-refractivity contribution is -0.142. The molecule has 1 unspecified atom stereocenters. The maximum Gasteiger partial charge on any atom is 0.340 e. The summed E-state index contributed by atoms with van der Waals surface area (Å²) in [6.45, 7) is 5.10. The lowest BCUT2D eigenvalue weighted by Gasteiger charge is -2.21. The molecule has 0 bridgehead atoms. The predicted octanol–water partition coefficient (Wildman–Crippen LogP) is 3.26. The maximum atomic E-state index is 11.3. The molecule has 0 aromatic heterocycles. The first-order chi connectivity index (χ1) is 13.1. The van der Waals surface area contributed by atoms with E-state index in [4.69, 9.17) is 15.6 Å². The highest BCUT2D eigenvalue weighted by atomic mass is 79.9. The fourth-order valence-electron chi connectivity index (χ4n) is 2.23. The molecule has 0 heterocycles. The van der Waals surface area contributed by atoms with Crippen LogP contribution in [0.15, 0.2) is 42.5 Å². The fraction of sp³-hybridized carbons (Fsp3) is 0.350. The molecule has 2 rings (SSSR count). The number of esters is 1. The summed E-state index contributed by atoms with van der Waals surface area (Å²) < 4.78 is 4.33. The van der Waals surface area contributed by atoms with Crippen LogP contribution in [0.5, 0.6) is 5.75 Å². The Morgan fingerprint density at radius 2 is 1.71 bits per heavy atom. The van der Waals surface area contributed by atoms with E-state index < -0.39 is 22.4 Å². The molecule has 28 heavy (non-hydrogen) atoms. The van der Waals surface area contributed by atoms with Gasteiger partial charge in [0.05, 0.1) is 0 Å². The number of aliphatic hydroxyl groups is 1. The van der Waals surface area contributed by atoms with Gasteiger partial charge in [0.2, 0.25) is 5.91 Å². The van der Waals surface area contributed by atoms with Crippen LogP contribution in [0.25, 0.3) is 10.8 Å². The Hall–Kier alpha value is -2.45. The number of halogens is 1. The van der Waals surface area contributed by atoms with E-state index in [1.807, 2.05) is 49.5 Å². The Labute approximate surface area is 172 Å². The second-order valence-electron chi connectivity index (χ2n) is 6.10. The van der Waals surface area contributed by atoms with Gasteiger partial charge in [-0.25, -0.2) is 9.59 Å². The zero-order valence-corrected chi connectivity index (χ0v) is 17.7. The van der Waals surface area contributed by atoms with Crippen molar-refractivity contribution < 1.29 is 24.2 Å². The second kappa shape index (κ2) is 10.8. The lowest BCUT2D eigenvalue weighted by Crippen LogP contribution is -2.46. The number of nitrogens with one attached hydrogen (secondary N) is 1. The number of carbonyl (C=O) groups excluding carboxylic acids is 3. The zero-order valence-electron chi connectivity index (χ0n) is 16.1. The Morgan fingerprint density at radius 1 is 1.14 bits per heavy atom. The van der Waals surface area contributed by atoms with Crippen molar-refractivity contribution in [2.24, 2.45) is 5.73 Å². The van der Waals surface area contributed by atoms with Crippen LogP contribution in [0.4, 0.5) is 4.79 Å². The molecular formula is C20H25BrN2O5. The van der Waals surface area contributed by atoms with Crippen molar-refractivity contribution in [1.29, 1.82) is 0 Å². The van der Waals surface area contributed by atoms with Crippen molar-refractivity contribution in [2.75, 3.05) is 0 Å². The summed E-state index contributed by atoms with van der Waals surface area (Å²) in [5, 5.41) is 13.1. The van der Waals surface area contributed by atoms with Crippen LogP contribution in [-0.2, 0) is 9.59 Å². The average Bonchev–Trinajstić information content (AvgIpc) is 2.67. The van der Waals surface area contributed by atoms with Crippen LogP contribution in [0, 0.1) is 0 Å². The van der Waals surface area contributed by atoms with E-state index in [-0.39, 0.29) is 5.91 Å². The van der Waals surface area contributed by atoms with E-state index in [1.165, 1.54) is 6.92 Å². The molecule has 2 aromatic carbocycles. The van der Waals surface area contributed by atoms with Crippen molar-refractivity contribution in [2.45, 2.75) is 44.0 Å². The zero-order chi connectivity index (χ0) is 21.3. The number of primary amides is 1. The first kappa shape index (κ1) is 23.6. The number of rotatable bonds is 5.